The van der Waals surface area contributed by atoms with Crippen LogP contribution in [0.2, 0.25) is 0 Å². The lowest BCUT2D eigenvalue weighted by molar-refractivity contribution is 0.655. The van der Waals surface area contributed by atoms with E-state index in [-0.39, 0.29) is 5.56 Å². The lowest BCUT2D eigenvalue weighted by Crippen LogP contribution is -2.18. The van der Waals surface area contributed by atoms with Gasteiger partial charge in [0, 0.05) is 25.4 Å². The van der Waals surface area contributed by atoms with E-state index in [4.69, 9.17) is 0 Å². The molecule has 0 spiro atoms. The lowest BCUT2D eigenvalue weighted by Gasteiger charge is -2.10. The highest BCUT2D eigenvalue weighted by Crippen LogP contribution is 2.12. The molecule has 0 bridgehead atoms. The van der Waals surface area contributed by atoms with Gasteiger partial charge in [0.25, 0.3) is 5.56 Å². The van der Waals surface area contributed by atoms with E-state index in [0.717, 1.165) is 25.2 Å². The number of anilines is 1. The number of benzene rings is 1. The van der Waals surface area contributed by atoms with Gasteiger partial charge in [-0.2, -0.15) is 0 Å². The van der Waals surface area contributed by atoms with Gasteiger partial charge in [0.05, 0.1) is 5.69 Å². The van der Waals surface area contributed by atoms with Gasteiger partial charge < -0.3 is 9.88 Å². The van der Waals surface area contributed by atoms with Gasteiger partial charge in [-0.15, -0.1) is 0 Å². The highest BCUT2D eigenvalue weighted by atomic mass is 16.1. The molecule has 0 radical (unpaired) electrons. The van der Waals surface area contributed by atoms with Crippen molar-refractivity contribution in [1.82, 2.24) is 4.57 Å². The fourth-order valence-electron chi connectivity index (χ4n) is 2.17. The Kier molecular flexibility index (Phi) is 4.61. The normalized spacial score (nSPS) is 10.6. The van der Waals surface area contributed by atoms with Gasteiger partial charge in [0.1, 0.15) is 0 Å². The van der Waals surface area contributed by atoms with Crippen LogP contribution >= 0.6 is 0 Å². The number of pyridine rings is 1. The summed E-state index contributed by atoms with van der Waals surface area (Å²) in [5.74, 6) is 0. The average Bonchev–Trinajstić information content (AvgIpc) is 2.43. The van der Waals surface area contributed by atoms with Crippen molar-refractivity contribution in [3.8, 4) is 0 Å². The number of aromatic nitrogens is 1. The summed E-state index contributed by atoms with van der Waals surface area (Å²) in [6, 6.07) is 9.94. The molecule has 1 N–H and O–H groups in total. The molecule has 1 heterocycles. The molecule has 0 aliphatic carbocycles. The summed E-state index contributed by atoms with van der Waals surface area (Å²) in [7, 11) is 0. The Labute approximate surface area is 120 Å². The Morgan fingerprint density at radius 3 is 2.60 bits per heavy atom. The summed E-state index contributed by atoms with van der Waals surface area (Å²) in [6.07, 6.45) is 2.85. The molecule has 0 aliphatic heterocycles. The molecule has 2 aromatic rings. The van der Waals surface area contributed by atoms with Crippen LogP contribution in [0.15, 0.2) is 41.3 Å². The Bertz CT molecular complexity index is 644. The van der Waals surface area contributed by atoms with Crippen molar-refractivity contribution in [1.29, 1.82) is 0 Å². The molecule has 20 heavy (non-hydrogen) atoms. The van der Waals surface area contributed by atoms with Gasteiger partial charge in [-0.25, -0.2) is 0 Å². The maximum Gasteiger partial charge on any atom is 0.250 e. The largest absolute Gasteiger partial charge is 0.380 e. The molecule has 0 saturated heterocycles. The van der Waals surface area contributed by atoms with E-state index in [9.17, 15) is 4.79 Å². The second-order valence-electron chi connectivity index (χ2n) is 5.22. The third kappa shape index (κ3) is 3.50. The smallest absolute Gasteiger partial charge is 0.250 e. The van der Waals surface area contributed by atoms with Crippen LogP contribution in [0, 0.1) is 13.8 Å². The zero-order valence-corrected chi connectivity index (χ0v) is 12.4. The molecular formula is C17H22N2O. The topological polar surface area (TPSA) is 34.0 Å². The minimum atomic E-state index is 0.0589. The molecule has 3 heteroatoms. The zero-order valence-electron chi connectivity index (χ0n) is 12.4. The summed E-state index contributed by atoms with van der Waals surface area (Å²) in [6.45, 7) is 7.85. The molecular weight excluding hydrogens is 248 g/mol. The minimum absolute atomic E-state index is 0.0589. The first-order valence-corrected chi connectivity index (χ1v) is 7.10. The van der Waals surface area contributed by atoms with Gasteiger partial charge in [-0.3, -0.25) is 4.79 Å². The molecule has 1 aromatic heterocycles. The van der Waals surface area contributed by atoms with E-state index in [1.54, 1.807) is 10.6 Å². The first-order valence-electron chi connectivity index (χ1n) is 7.10. The standard InChI is InChI=1S/C17H22N2O/c1-4-9-19-12-16(7-8-17(19)20)18-11-15-6-5-13(2)14(3)10-15/h5-8,10,12,18H,4,9,11H2,1-3H3. The molecule has 3 nitrogen and oxygen atoms in total. The molecule has 0 amide bonds. The second kappa shape index (κ2) is 6.42. The zero-order chi connectivity index (χ0) is 14.5. The van der Waals surface area contributed by atoms with E-state index in [0.29, 0.717) is 0 Å². The predicted octanol–water partition coefficient (Wildman–Crippen LogP) is 3.49. The Morgan fingerprint density at radius 1 is 1.10 bits per heavy atom. The molecule has 106 valence electrons. The highest BCUT2D eigenvalue weighted by Gasteiger charge is 2.00. The summed E-state index contributed by atoms with van der Waals surface area (Å²) in [5, 5.41) is 3.37. The van der Waals surface area contributed by atoms with Crippen LogP contribution in [0.25, 0.3) is 0 Å². The predicted molar refractivity (Wildman–Crippen MR) is 84.2 cm³/mol. The fraction of sp³-hybridized carbons (Fsp3) is 0.353. The highest BCUT2D eigenvalue weighted by molar-refractivity contribution is 5.42. The second-order valence-corrected chi connectivity index (χ2v) is 5.22. The lowest BCUT2D eigenvalue weighted by atomic mass is 10.1. The van der Waals surface area contributed by atoms with Crippen molar-refractivity contribution in [2.24, 2.45) is 0 Å². The van der Waals surface area contributed by atoms with Crippen LogP contribution < -0.4 is 10.9 Å². The number of rotatable bonds is 5. The van der Waals surface area contributed by atoms with Crippen molar-refractivity contribution in [2.45, 2.75) is 40.3 Å². The number of nitrogens with one attached hydrogen (secondary N) is 1. The maximum absolute atomic E-state index is 11.7. The molecule has 1 aromatic carbocycles. The van der Waals surface area contributed by atoms with Crippen LogP contribution in [-0.2, 0) is 13.1 Å². The van der Waals surface area contributed by atoms with Gasteiger partial charge in [0.2, 0.25) is 0 Å². The van der Waals surface area contributed by atoms with E-state index >= 15 is 0 Å². The summed E-state index contributed by atoms with van der Waals surface area (Å²) in [4.78, 5) is 11.7. The van der Waals surface area contributed by atoms with Crippen LogP contribution in [0.1, 0.15) is 30.0 Å². The van der Waals surface area contributed by atoms with Crippen molar-refractivity contribution in [3.05, 3.63) is 63.6 Å². The Balaban J connectivity index is 2.08. The van der Waals surface area contributed by atoms with Gasteiger partial charge in [-0.1, -0.05) is 25.1 Å². The molecule has 0 atom stereocenters. The van der Waals surface area contributed by atoms with Crippen molar-refractivity contribution in [2.75, 3.05) is 5.32 Å². The molecule has 0 fully saturated rings. The van der Waals surface area contributed by atoms with Crippen LogP contribution in [-0.4, -0.2) is 4.57 Å². The van der Waals surface area contributed by atoms with Crippen LogP contribution in [0.5, 0.6) is 0 Å². The van der Waals surface area contributed by atoms with E-state index in [1.807, 2.05) is 12.3 Å². The SMILES string of the molecule is CCCn1cc(NCc2ccc(C)c(C)c2)ccc1=O. The number of nitrogens with zero attached hydrogens (tertiary/aromatic N) is 1. The first-order chi connectivity index (χ1) is 9.60. The Morgan fingerprint density at radius 2 is 1.90 bits per heavy atom. The third-order valence-corrected chi connectivity index (χ3v) is 3.52. The van der Waals surface area contributed by atoms with Crippen molar-refractivity contribution in [3.63, 3.8) is 0 Å². The number of hydrogen-bond donors (Lipinski definition) is 1. The third-order valence-electron chi connectivity index (χ3n) is 3.52. The Hall–Kier alpha value is -2.03. The maximum atomic E-state index is 11.7. The summed E-state index contributed by atoms with van der Waals surface area (Å²) < 4.78 is 1.75. The van der Waals surface area contributed by atoms with E-state index in [1.165, 1.54) is 16.7 Å². The molecule has 0 unspecified atom stereocenters. The summed E-state index contributed by atoms with van der Waals surface area (Å²) >= 11 is 0. The van der Waals surface area contributed by atoms with Gasteiger partial charge in [0.15, 0.2) is 0 Å². The fourth-order valence-corrected chi connectivity index (χ4v) is 2.17. The van der Waals surface area contributed by atoms with Gasteiger partial charge >= 0.3 is 0 Å². The quantitative estimate of drug-likeness (QED) is 0.902. The molecule has 2 rings (SSSR count). The van der Waals surface area contributed by atoms with Gasteiger partial charge in [-0.05, 0) is 43.0 Å². The number of aryl methyl sites for hydroxylation is 3. The van der Waals surface area contributed by atoms with Crippen molar-refractivity contribution < 1.29 is 0 Å². The molecule has 0 saturated carbocycles. The monoisotopic (exact) mass is 270 g/mol. The average molecular weight is 270 g/mol. The van der Waals surface area contributed by atoms with Crippen LogP contribution in [0.3, 0.4) is 0 Å². The summed E-state index contributed by atoms with van der Waals surface area (Å²) in [5.41, 5.74) is 4.91. The van der Waals surface area contributed by atoms with E-state index in [2.05, 4.69) is 44.3 Å². The van der Waals surface area contributed by atoms with Crippen molar-refractivity contribution >= 4 is 5.69 Å². The van der Waals surface area contributed by atoms with Crippen LogP contribution in [0.4, 0.5) is 5.69 Å². The van der Waals surface area contributed by atoms with E-state index < -0.39 is 0 Å². The molecule has 0 aliphatic rings. The minimum Gasteiger partial charge on any atom is -0.380 e. The number of hydrogen-bond acceptors (Lipinski definition) is 2. The first kappa shape index (κ1) is 14.4.